The zero-order valence-electron chi connectivity index (χ0n) is 11.1. The first kappa shape index (κ1) is 14.0. The van der Waals surface area contributed by atoms with Crippen molar-refractivity contribution in [1.82, 2.24) is 0 Å². The summed E-state index contributed by atoms with van der Waals surface area (Å²) in [6.45, 7) is 6.97. The molecule has 1 atom stereocenters. The van der Waals surface area contributed by atoms with Crippen LogP contribution in [0, 0.1) is 6.92 Å². The van der Waals surface area contributed by atoms with E-state index in [9.17, 15) is 5.11 Å². The van der Waals surface area contributed by atoms with Gasteiger partial charge < -0.3 is 14.6 Å². The average Bonchev–Trinajstić information content (AvgIpc) is 2.26. The largest absolute Gasteiger partial charge is 0.491 e. The molecular formula is C14H22O3. The quantitative estimate of drug-likeness (QED) is 0.827. The molecule has 0 aliphatic carbocycles. The summed E-state index contributed by atoms with van der Waals surface area (Å²) in [6.07, 6.45) is -0.579. The predicted octanol–water partition coefficient (Wildman–Crippen LogP) is 2.50. The maximum absolute atomic E-state index is 9.47. The van der Waals surface area contributed by atoms with Gasteiger partial charge >= 0.3 is 0 Å². The number of benzene rings is 1. The first-order valence-corrected chi connectivity index (χ1v) is 5.95. The maximum Gasteiger partial charge on any atom is 0.119 e. The third kappa shape index (κ3) is 4.36. The van der Waals surface area contributed by atoms with Gasteiger partial charge in [-0.25, -0.2) is 0 Å². The Bertz CT molecular complexity index is 347. The predicted molar refractivity (Wildman–Crippen MR) is 68.6 cm³/mol. The molecule has 0 radical (unpaired) electrons. The lowest BCUT2D eigenvalue weighted by Crippen LogP contribution is -2.22. The van der Waals surface area contributed by atoms with Gasteiger partial charge in [0.15, 0.2) is 0 Å². The van der Waals surface area contributed by atoms with Gasteiger partial charge in [-0.05, 0) is 36.1 Å². The summed E-state index contributed by atoms with van der Waals surface area (Å²) in [4.78, 5) is 0. The third-order valence-corrected chi connectivity index (χ3v) is 2.66. The van der Waals surface area contributed by atoms with Crippen LogP contribution in [0.1, 0.15) is 30.9 Å². The minimum atomic E-state index is -0.579. The van der Waals surface area contributed by atoms with Crippen molar-refractivity contribution < 1.29 is 14.6 Å². The van der Waals surface area contributed by atoms with Gasteiger partial charge in [-0.1, -0.05) is 19.9 Å². The molecule has 3 nitrogen and oxygen atoms in total. The topological polar surface area (TPSA) is 38.7 Å². The van der Waals surface area contributed by atoms with E-state index in [2.05, 4.69) is 26.8 Å². The van der Waals surface area contributed by atoms with Gasteiger partial charge in [-0.3, -0.25) is 0 Å². The Morgan fingerprint density at radius 1 is 1.24 bits per heavy atom. The summed E-state index contributed by atoms with van der Waals surface area (Å²) in [5.41, 5.74) is 2.55. The molecule has 0 bridgehead atoms. The second-order valence-corrected chi connectivity index (χ2v) is 4.59. The summed E-state index contributed by atoms with van der Waals surface area (Å²) in [5.74, 6) is 1.31. The molecule has 1 rings (SSSR count). The van der Waals surface area contributed by atoms with E-state index in [4.69, 9.17) is 9.47 Å². The van der Waals surface area contributed by atoms with Crippen LogP contribution in [-0.2, 0) is 4.74 Å². The number of hydrogen-bond acceptors (Lipinski definition) is 3. The van der Waals surface area contributed by atoms with E-state index in [1.54, 1.807) is 7.11 Å². The lowest BCUT2D eigenvalue weighted by molar-refractivity contribution is 0.0325. The van der Waals surface area contributed by atoms with Crippen LogP contribution < -0.4 is 4.74 Å². The van der Waals surface area contributed by atoms with E-state index in [0.717, 1.165) is 5.75 Å². The molecule has 1 N–H and O–H groups in total. The Labute approximate surface area is 103 Å². The first-order chi connectivity index (χ1) is 8.04. The lowest BCUT2D eigenvalue weighted by atomic mass is 9.98. The van der Waals surface area contributed by atoms with E-state index in [1.165, 1.54) is 11.1 Å². The molecule has 0 heterocycles. The van der Waals surface area contributed by atoms with Crippen molar-refractivity contribution in [3.8, 4) is 5.75 Å². The van der Waals surface area contributed by atoms with Crippen molar-refractivity contribution in [2.24, 2.45) is 0 Å². The monoisotopic (exact) mass is 238 g/mol. The fourth-order valence-corrected chi connectivity index (χ4v) is 1.82. The van der Waals surface area contributed by atoms with E-state index in [0.29, 0.717) is 12.5 Å². The van der Waals surface area contributed by atoms with Gasteiger partial charge in [-0.15, -0.1) is 0 Å². The zero-order chi connectivity index (χ0) is 12.8. The standard InChI is InChI=1S/C14H22O3/c1-10(2)14-6-5-13(7-11(14)3)17-9-12(15)8-16-4/h5-7,10,12,15H,8-9H2,1-4H3. The lowest BCUT2D eigenvalue weighted by Gasteiger charge is -2.14. The number of methoxy groups -OCH3 is 1. The molecule has 17 heavy (non-hydrogen) atoms. The molecule has 3 heteroatoms. The van der Waals surface area contributed by atoms with E-state index in [1.807, 2.05) is 12.1 Å². The highest BCUT2D eigenvalue weighted by Gasteiger charge is 2.07. The van der Waals surface area contributed by atoms with E-state index in [-0.39, 0.29) is 6.61 Å². The third-order valence-electron chi connectivity index (χ3n) is 2.66. The molecule has 96 valence electrons. The van der Waals surface area contributed by atoms with Gasteiger partial charge in [0.05, 0.1) is 6.61 Å². The number of rotatable bonds is 6. The normalized spacial score (nSPS) is 12.8. The molecule has 0 aromatic heterocycles. The minimum absolute atomic E-state index is 0.258. The van der Waals surface area contributed by atoms with Crippen molar-refractivity contribution in [3.05, 3.63) is 29.3 Å². The van der Waals surface area contributed by atoms with E-state index >= 15 is 0 Å². The summed E-state index contributed by atoms with van der Waals surface area (Å²) in [5, 5.41) is 9.47. The average molecular weight is 238 g/mol. The van der Waals surface area contributed by atoms with Crippen LogP contribution in [0.4, 0.5) is 0 Å². The van der Waals surface area contributed by atoms with Crippen LogP contribution in [0.15, 0.2) is 18.2 Å². The maximum atomic E-state index is 9.47. The summed E-state index contributed by atoms with van der Waals surface area (Å²) in [6, 6.07) is 6.04. The molecule has 0 amide bonds. The number of aryl methyl sites for hydroxylation is 1. The van der Waals surface area contributed by atoms with Crippen LogP contribution in [0.25, 0.3) is 0 Å². The fraction of sp³-hybridized carbons (Fsp3) is 0.571. The molecule has 0 aliphatic heterocycles. The highest BCUT2D eigenvalue weighted by atomic mass is 16.5. The number of hydrogen-bond donors (Lipinski definition) is 1. The van der Waals surface area contributed by atoms with Gasteiger partial charge in [0.2, 0.25) is 0 Å². The van der Waals surface area contributed by atoms with Crippen molar-refractivity contribution in [2.45, 2.75) is 32.8 Å². The van der Waals surface area contributed by atoms with Crippen molar-refractivity contribution in [2.75, 3.05) is 20.3 Å². The molecule has 0 spiro atoms. The Hall–Kier alpha value is -1.06. The molecule has 0 aliphatic rings. The smallest absolute Gasteiger partial charge is 0.119 e. The highest BCUT2D eigenvalue weighted by molar-refractivity contribution is 5.36. The molecule has 1 aromatic rings. The van der Waals surface area contributed by atoms with Gasteiger partial charge in [0.25, 0.3) is 0 Å². The fourth-order valence-electron chi connectivity index (χ4n) is 1.82. The number of aliphatic hydroxyl groups is 1. The van der Waals surface area contributed by atoms with Gasteiger partial charge in [-0.2, -0.15) is 0 Å². The van der Waals surface area contributed by atoms with E-state index < -0.39 is 6.10 Å². The first-order valence-electron chi connectivity index (χ1n) is 5.95. The molecule has 0 fully saturated rings. The zero-order valence-corrected chi connectivity index (χ0v) is 11.1. The van der Waals surface area contributed by atoms with Crippen molar-refractivity contribution >= 4 is 0 Å². The Morgan fingerprint density at radius 3 is 2.47 bits per heavy atom. The Kier molecular flexibility index (Phi) is 5.45. The van der Waals surface area contributed by atoms with Crippen molar-refractivity contribution in [3.63, 3.8) is 0 Å². The number of aliphatic hydroxyl groups excluding tert-OH is 1. The molecule has 0 saturated carbocycles. The van der Waals surface area contributed by atoms with Crippen molar-refractivity contribution in [1.29, 1.82) is 0 Å². The minimum Gasteiger partial charge on any atom is -0.491 e. The van der Waals surface area contributed by atoms with Crippen LogP contribution >= 0.6 is 0 Å². The molecule has 1 unspecified atom stereocenters. The Balaban J connectivity index is 2.58. The molecular weight excluding hydrogens is 216 g/mol. The van der Waals surface area contributed by atoms with Crippen LogP contribution in [0.2, 0.25) is 0 Å². The van der Waals surface area contributed by atoms with Crippen LogP contribution in [0.3, 0.4) is 0 Å². The highest BCUT2D eigenvalue weighted by Crippen LogP contribution is 2.23. The second-order valence-electron chi connectivity index (χ2n) is 4.59. The van der Waals surface area contributed by atoms with Crippen LogP contribution in [0.5, 0.6) is 5.75 Å². The summed E-state index contributed by atoms with van der Waals surface area (Å²) in [7, 11) is 1.56. The SMILES string of the molecule is COCC(O)COc1ccc(C(C)C)c(C)c1. The van der Waals surface area contributed by atoms with Gasteiger partial charge in [0.1, 0.15) is 18.5 Å². The second kappa shape index (κ2) is 6.62. The summed E-state index contributed by atoms with van der Waals surface area (Å²) < 4.78 is 10.3. The number of ether oxygens (including phenoxy) is 2. The molecule has 0 saturated heterocycles. The molecule has 1 aromatic carbocycles. The Morgan fingerprint density at radius 2 is 1.94 bits per heavy atom. The van der Waals surface area contributed by atoms with Crippen LogP contribution in [-0.4, -0.2) is 31.5 Å². The summed E-state index contributed by atoms with van der Waals surface area (Å²) >= 11 is 0. The van der Waals surface area contributed by atoms with Gasteiger partial charge in [0, 0.05) is 7.11 Å².